The third kappa shape index (κ3) is 3.13. The van der Waals surface area contributed by atoms with Crippen LogP contribution in [0.1, 0.15) is 15.9 Å². The largest absolute Gasteiger partial charge is 0.287 e. The van der Waals surface area contributed by atoms with Gasteiger partial charge in [-0.05, 0) is 27.7 Å². The standard InChI is InChI=1S/C12H9N3OS2/c13-15-14-11(16)10-6-7-17-12(10)18-8-9-4-2-1-3-5-9/h1-7H,8H2. The smallest absolute Gasteiger partial charge is 0.251 e. The molecule has 0 bridgehead atoms. The minimum absolute atomic E-state index is 0.485. The number of azide groups is 1. The van der Waals surface area contributed by atoms with Gasteiger partial charge in [0.25, 0.3) is 5.91 Å². The first-order valence-corrected chi connectivity index (χ1v) is 7.01. The van der Waals surface area contributed by atoms with Crippen LogP contribution in [-0.4, -0.2) is 5.91 Å². The summed E-state index contributed by atoms with van der Waals surface area (Å²) < 4.78 is 0.885. The molecule has 0 aliphatic rings. The molecule has 0 N–H and O–H groups in total. The van der Waals surface area contributed by atoms with Crippen molar-refractivity contribution >= 4 is 29.0 Å². The maximum absolute atomic E-state index is 11.5. The molecule has 18 heavy (non-hydrogen) atoms. The number of carbonyl (C=O) groups excluding carboxylic acids is 1. The molecule has 0 spiro atoms. The zero-order valence-electron chi connectivity index (χ0n) is 9.31. The Balaban J connectivity index is 2.09. The van der Waals surface area contributed by atoms with E-state index in [4.69, 9.17) is 5.53 Å². The fraction of sp³-hybridized carbons (Fsp3) is 0.0833. The average molecular weight is 275 g/mol. The maximum Gasteiger partial charge on any atom is 0.251 e. The van der Waals surface area contributed by atoms with Gasteiger partial charge < -0.3 is 0 Å². The number of nitrogens with zero attached hydrogens (tertiary/aromatic N) is 3. The van der Waals surface area contributed by atoms with E-state index in [1.807, 2.05) is 35.7 Å². The van der Waals surface area contributed by atoms with Crippen molar-refractivity contribution in [3.63, 3.8) is 0 Å². The Kier molecular flexibility index (Phi) is 4.41. The number of thiophene rings is 1. The lowest BCUT2D eigenvalue weighted by Crippen LogP contribution is -1.92. The van der Waals surface area contributed by atoms with Crippen molar-refractivity contribution in [1.82, 2.24) is 0 Å². The number of carbonyl (C=O) groups is 1. The van der Waals surface area contributed by atoms with Crippen LogP contribution in [0.5, 0.6) is 0 Å². The van der Waals surface area contributed by atoms with Crippen LogP contribution in [0.15, 0.2) is 51.1 Å². The Bertz CT molecular complexity index is 588. The van der Waals surface area contributed by atoms with Crippen molar-refractivity contribution in [3.05, 3.63) is 63.3 Å². The Labute approximate surface area is 112 Å². The van der Waals surface area contributed by atoms with E-state index in [-0.39, 0.29) is 0 Å². The van der Waals surface area contributed by atoms with Gasteiger partial charge in [-0.3, -0.25) is 4.79 Å². The van der Waals surface area contributed by atoms with Crippen LogP contribution in [0.3, 0.4) is 0 Å². The highest BCUT2D eigenvalue weighted by Gasteiger charge is 2.11. The fourth-order valence-electron chi connectivity index (χ4n) is 1.38. The van der Waals surface area contributed by atoms with Crippen molar-refractivity contribution in [1.29, 1.82) is 0 Å². The van der Waals surface area contributed by atoms with Crippen LogP contribution < -0.4 is 0 Å². The van der Waals surface area contributed by atoms with E-state index in [0.29, 0.717) is 5.56 Å². The summed E-state index contributed by atoms with van der Waals surface area (Å²) in [5, 5.41) is 4.94. The predicted molar refractivity (Wildman–Crippen MR) is 73.8 cm³/mol. The lowest BCUT2D eigenvalue weighted by molar-refractivity contribution is 0.0998. The van der Waals surface area contributed by atoms with E-state index in [2.05, 4.69) is 10.0 Å². The lowest BCUT2D eigenvalue weighted by atomic mass is 10.2. The molecule has 6 heteroatoms. The molecule has 0 atom stereocenters. The maximum atomic E-state index is 11.5. The lowest BCUT2D eigenvalue weighted by Gasteiger charge is -2.01. The van der Waals surface area contributed by atoms with Gasteiger partial charge in [-0.1, -0.05) is 30.3 Å². The van der Waals surface area contributed by atoms with Gasteiger partial charge in [-0.2, -0.15) is 0 Å². The molecule has 0 aliphatic heterocycles. The zero-order valence-corrected chi connectivity index (χ0v) is 10.9. The van der Waals surface area contributed by atoms with E-state index < -0.39 is 5.91 Å². The highest BCUT2D eigenvalue weighted by molar-refractivity contribution is 8.00. The van der Waals surface area contributed by atoms with Gasteiger partial charge in [-0.25, -0.2) is 0 Å². The van der Waals surface area contributed by atoms with Crippen molar-refractivity contribution < 1.29 is 4.79 Å². The monoisotopic (exact) mass is 275 g/mol. The summed E-state index contributed by atoms with van der Waals surface area (Å²) in [6, 6.07) is 11.7. The minimum atomic E-state index is -0.519. The van der Waals surface area contributed by atoms with Crippen molar-refractivity contribution in [3.8, 4) is 0 Å². The molecule has 2 aromatic rings. The SMILES string of the molecule is [N-]=[N+]=NC(=O)c1ccsc1SCc1ccccc1. The molecule has 1 aromatic carbocycles. The van der Waals surface area contributed by atoms with Gasteiger partial charge in [0.1, 0.15) is 0 Å². The van der Waals surface area contributed by atoms with E-state index in [1.165, 1.54) is 16.9 Å². The molecule has 0 fully saturated rings. The van der Waals surface area contributed by atoms with Crippen LogP contribution in [-0.2, 0) is 5.75 Å². The Morgan fingerprint density at radius 1 is 1.33 bits per heavy atom. The third-order valence-electron chi connectivity index (χ3n) is 2.21. The van der Waals surface area contributed by atoms with Crippen LogP contribution in [0, 0.1) is 0 Å². The minimum Gasteiger partial charge on any atom is -0.287 e. The van der Waals surface area contributed by atoms with Gasteiger partial charge >= 0.3 is 0 Å². The van der Waals surface area contributed by atoms with Gasteiger partial charge in [-0.15, -0.1) is 23.1 Å². The normalized spacial score (nSPS) is 9.78. The summed E-state index contributed by atoms with van der Waals surface area (Å²) in [5.74, 6) is 0.270. The van der Waals surface area contributed by atoms with Crippen molar-refractivity contribution in [2.45, 2.75) is 9.96 Å². The molecule has 1 amide bonds. The van der Waals surface area contributed by atoms with Crippen molar-refractivity contribution in [2.24, 2.45) is 5.11 Å². The molecule has 2 rings (SSSR count). The Morgan fingerprint density at radius 3 is 2.83 bits per heavy atom. The summed E-state index contributed by atoms with van der Waals surface area (Å²) in [6.07, 6.45) is 0. The molecule has 0 saturated carbocycles. The number of rotatable bonds is 4. The third-order valence-corrected chi connectivity index (χ3v) is 4.52. The zero-order chi connectivity index (χ0) is 12.8. The van der Waals surface area contributed by atoms with Crippen LogP contribution in [0.25, 0.3) is 10.4 Å². The average Bonchev–Trinajstić information content (AvgIpc) is 2.86. The molecular formula is C12H9N3OS2. The highest BCUT2D eigenvalue weighted by atomic mass is 32.2. The number of hydrogen-bond donors (Lipinski definition) is 0. The van der Waals surface area contributed by atoms with Gasteiger partial charge in [0.05, 0.1) is 4.21 Å². The number of benzene rings is 1. The first-order chi connectivity index (χ1) is 8.81. The summed E-state index contributed by atoms with van der Waals surface area (Å²) in [6.45, 7) is 0. The molecule has 0 aliphatic carbocycles. The fourth-order valence-corrected chi connectivity index (χ4v) is 3.41. The number of hydrogen-bond acceptors (Lipinski definition) is 3. The molecule has 0 unspecified atom stereocenters. The number of amides is 1. The van der Waals surface area contributed by atoms with E-state index in [1.54, 1.807) is 17.8 Å². The van der Waals surface area contributed by atoms with Crippen LogP contribution in [0.2, 0.25) is 0 Å². The Hall–Kier alpha value is -1.75. The second-order valence-electron chi connectivity index (χ2n) is 3.39. The highest BCUT2D eigenvalue weighted by Crippen LogP contribution is 2.31. The van der Waals surface area contributed by atoms with Gasteiger partial charge in [0, 0.05) is 16.2 Å². The molecular weight excluding hydrogens is 266 g/mol. The quantitative estimate of drug-likeness (QED) is 0.357. The second-order valence-corrected chi connectivity index (χ2v) is 5.55. The summed E-state index contributed by atoms with van der Waals surface area (Å²) in [4.78, 5) is 14.0. The first-order valence-electron chi connectivity index (χ1n) is 5.15. The van der Waals surface area contributed by atoms with Crippen LogP contribution in [0.4, 0.5) is 0 Å². The molecule has 0 saturated heterocycles. The van der Waals surface area contributed by atoms with E-state index in [0.717, 1.165) is 9.96 Å². The Morgan fingerprint density at radius 2 is 2.11 bits per heavy atom. The van der Waals surface area contributed by atoms with E-state index >= 15 is 0 Å². The van der Waals surface area contributed by atoms with E-state index in [9.17, 15) is 4.79 Å². The molecule has 1 aromatic heterocycles. The van der Waals surface area contributed by atoms with Gasteiger partial charge in [0.15, 0.2) is 0 Å². The van der Waals surface area contributed by atoms with Crippen LogP contribution >= 0.6 is 23.1 Å². The summed E-state index contributed by atoms with van der Waals surface area (Å²) >= 11 is 3.06. The summed E-state index contributed by atoms with van der Waals surface area (Å²) in [7, 11) is 0. The second kappa shape index (κ2) is 6.26. The van der Waals surface area contributed by atoms with Crippen molar-refractivity contribution in [2.75, 3.05) is 0 Å². The topological polar surface area (TPSA) is 65.8 Å². The summed E-state index contributed by atoms with van der Waals surface area (Å²) in [5.41, 5.74) is 9.95. The molecule has 0 radical (unpaired) electrons. The number of thioether (sulfide) groups is 1. The predicted octanol–water partition coefficient (Wildman–Crippen LogP) is 4.49. The molecule has 1 heterocycles. The first kappa shape index (κ1) is 12.7. The molecule has 90 valence electrons. The molecule has 4 nitrogen and oxygen atoms in total. The van der Waals surface area contributed by atoms with Gasteiger partial charge in [0.2, 0.25) is 0 Å².